The van der Waals surface area contributed by atoms with Gasteiger partial charge in [-0.2, -0.15) is 0 Å². The number of para-hydroxylation sites is 2. The summed E-state index contributed by atoms with van der Waals surface area (Å²) < 4.78 is 1.76. The van der Waals surface area contributed by atoms with E-state index in [2.05, 4.69) is 41.1 Å². The van der Waals surface area contributed by atoms with E-state index >= 15 is 0 Å². The summed E-state index contributed by atoms with van der Waals surface area (Å²) in [5.74, 6) is 0. The Morgan fingerprint density at radius 1 is 1.07 bits per heavy atom. The van der Waals surface area contributed by atoms with Crippen LogP contribution in [0.15, 0.2) is 58.2 Å². The first-order chi connectivity index (χ1) is 14.1. The first-order valence-electron chi connectivity index (χ1n) is 10.9. The van der Waals surface area contributed by atoms with E-state index in [0.717, 1.165) is 23.9 Å². The molecular weight excluding hydrogens is 362 g/mol. The molecule has 1 aliphatic carbocycles. The summed E-state index contributed by atoms with van der Waals surface area (Å²) in [6.07, 6.45) is 17.4. The third-order valence-electron chi connectivity index (χ3n) is 7.06. The summed E-state index contributed by atoms with van der Waals surface area (Å²) in [6, 6.07) is 8.41. The number of nitrogens with one attached hydrogen (secondary N) is 1. The predicted octanol–water partition coefficient (Wildman–Crippen LogP) is 3.91. The number of benzene rings is 1. The molecule has 1 unspecified atom stereocenters. The van der Waals surface area contributed by atoms with Gasteiger partial charge in [0.15, 0.2) is 0 Å². The minimum atomic E-state index is -0.528. The number of allylic oxidation sites excluding steroid dienone is 1. The lowest BCUT2D eigenvalue weighted by Gasteiger charge is -2.49. The number of piperidine rings is 1. The number of H-pyrrole nitrogens is 1. The van der Waals surface area contributed by atoms with Crippen LogP contribution in [0, 0.1) is 0 Å². The summed E-state index contributed by atoms with van der Waals surface area (Å²) in [5.41, 5.74) is 0.498. The van der Waals surface area contributed by atoms with E-state index < -0.39 is 11.1 Å². The Bertz CT molecular complexity index is 1100. The van der Waals surface area contributed by atoms with E-state index in [-0.39, 0.29) is 11.6 Å². The third-order valence-corrected chi connectivity index (χ3v) is 7.06. The van der Waals surface area contributed by atoms with Crippen LogP contribution >= 0.6 is 0 Å². The Kier molecular flexibility index (Phi) is 4.58. The van der Waals surface area contributed by atoms with Gasteiger partial charge >= 0.3 is 11.1 Å². The summed E-state index contributed by atoms with van der Waals surface area (Å²) in [7, 11) is 0. The van der Waals surface area contributed by atoms with Gasteiger partial charge in [-0.25, -0.2) is 0 Å². The molecule has 3 aliphatic rings. The molecule has 2 aliphatic heterocycles. The zero-order chi connectivity index (χ0) is 20.0. The van der Waals surface area contributed by atoms with Crippen molar-refractivity contribution in [3.63, 3.8) is 0 Å². The number of rotatable bonds is 2. The highest BCUT2D eigenvalue weighted by Gasteiger charge is 2.48. The monoisotopic (exact) mass is 391 g/mol. The van der Waals surface area contributed by atoms with Gasteiger partial charge in [0.05, 0.1) is 11.0 Å². The first-order valence-corrected chi connectivity index (χ1v) is 10.9. The fourth-order valence-corrected chi connectivity index (χ4v) is 5.82. The van der Waals surface area contributed by atoms with Crippen LogP contribution in [-0.2, 0) is 0 Å². The molecule has 0 saturated carbocycles. The lowest BCUT2D eigenvalue weighted by Crippen LogP contribution is -2.57. The SMILES string of the molecule is C[C@@]12C=C[C@@H](C[C@H](n3c(=O)c(=O)[nH]c4ccccc43)C1)N2C1/C=C\CCCCC1. The van der Waals surface area contributed by atoms with Gasteiger partial charge in [0, 0.05) is 23.7 Å². The second-order valence-electron chi connectivity index (χ2n) is 9.06. The molecule has 0 radical (unpaired) electrons. The average Bonchev–Trinajstić information content (AvgIpc) is 2.88. The highest BCUT2D eigenvalue weighted by Crippen LogP contribution is 2.46. The van der Waals surface area contributed by atoms with Crippen LogP contribution in [0.4, 0.5) is 0 Å². The van der Waals surface area contributed by atoms with Crippen molar-refractivity contribution in [1.82, 2.24) is 14.5 Å². The molecule has 5 heteroatoms. The molecule has 1 fully saturated rings. The van der Waals surface area contributed by atoms with Gasteiger partial charge in [0.2, 0.25) is 0 Å². The van der Waals surface area contributed by atoms with E-state index in [0.29, 0.717) is 12.1 Å². The van der Waals surface area contributed by atoms with Crippen molar-refractivity contribution in [2.45, 2.75) is 75.5 Å². The summed E-state index contributed by atoms with van der Waals surface area (Å²) in [5, 5.41) is 0. The summed E-state index contributed by atoms with van der Waals surface area (Å²) >= 11 is 0. The van der Waals surface area contributed by atoms with Crippen molar-refractivity contribution >= 4 is 11.0 Å². The quantitative estimate of drug-likeness (QED) is 0.624. The molecule has 152 valence electrons. The molecule has 2 bridgehead atoms. The topological polar surface area (TPSA) is 58.1 Å². The van der Waals surface area contributed by atoms with E-state index in [1.54, 1.807) is 4.57 Å². The second kappa shape index (κ2) is 7.13. The number of aromatic nitrogens is 2. The summed E-state index contributed by atoms with van der Waals surface area (Å²) in [6.45, 7) is 2.29. The fraction of sp³-hybridized carbons (Fsp3) is 0.500. The molecule has 1 aromatic carbocycles. The molecule has 4 atom stereocenters. The Morgan fingerprint density at radius 3 is 2.79 bits per heavy atom. The van der Waals surface area contributed by atoms with Crippen LogP contribution < -0.4 is 11.1 Å². The Morgan fingerprint density at radius 2 is 1.93 bits per heavy atom. The van der Waals surface area contributed by atoms with Crippen molar-refractivity contribution in [3.8, 4) is 0 Å². The summed E-state index contributed by atoms with van der Waals surface area (Å²) in [4.78, 5) is 30.6. The van der Waals surface area contributed by atoms with Crippen LogP contribution in [0.5, 0.6) is 0 Å². The van der Waals surface area contributed by atoms with Crippen LogP contribution in [0.1, 0.15) is 57.9 Å². The zero-order valence-electron chi connectivity index (χ0n) is 17.0. The van der Waals surface area contributed by atoms with Gasteiger partial charge in [-0.05, 0) is 51.2 Å². The molecule has 1 aromatic heterocycles. The Hall–Kier alpha value is -2.40. The van der Waals surface area contributed by atoms with Gasteiger partial charge in [-0.15, -0.1) is 0 Å². The molecular formula is C24H29N3O2. The molecule has 2 aromatic rings. The van der Waals surface area contributed by atoms with Crippen LogP contribution in [0.25, 0.3) is 11.0 Å². The largest absolute Gasteiger partial charge is 0.316 e. The predicted molar refractivity (Wildman–Crippen MR) is 116 cm³/mol. The van der Waals surface area contributed by atoms with Gasteiger partial charge in [0.25, 0.3) is 0 Å². The first kappa shape index (κ1) is 18.6. The maximum atomic E-state index is 12.9. The second-order valence-corrected chi connectivity index (χ2v) is 9.06. The van der Waals surface area contributed by atoms with Gasteiger partial charge in [0.1, 0.15) is 0 Å². The highest BCUT2D eigenvalue weighted by atomic mass is 16.2. The minimum absolute atomic E-state index is 0.0217. The van der Waals surface area contributed by atoms with Crippen molar-refractivity contribution < 1.29 is 0 Å². The molecule has 3 heterocycles. The number of nitrogens with zero attached hydrogens (tertiary/aromatic N) is 2. The third kappa shape index (κ3) is 3.12. The molecule has 1 saturated heterocycles. The minimum Gasteiger partial charge on any atom is -0.316 e. The maximum absolute atomic E-state index is 12.9. The van der Waals surface area contributed by atoms with Gasteiger partial charge < -0.3 is 4.98 Å². The van der Waals surface area contributed by atoms with Gasteiger partial charge in [-0.3, -0.25) is 19.1 Å². The standard InChI is InChI=1S/C24H29N3O2/c1-24-14-13-18(27(24)17-9-5-3-2-4-6-10-17)15-19(16-24)26-21-12-8-7-11-20(21)25-22(28)23(26)29/h5,7-9,11-14,17-19H,2-4,6,10,15-16H2,1H3,(H,25,28)/b9-5-/t17?,18-,19-,24+/m0/s1. The smallest absolute Gasteiger partial charge is 0.316 e. The van der Waals surface area contributed by atoms with Crippen LogP contribution in [0.3, 0.4) is 0 Å². The average molecular weight is 392 g/mol. The van der Waals surface area contributed by atoms with E-state index in [9.17, 15) is 9.59 Å². The van der Waals surface area contributed by atoms with Crippen molar-refractivity contribution in [1.29, 1.82) is 0 Å². The number of fused-ring (bicyclic) bond motifs is 3. The Labute approximate surface area is 170 Å². The number of hydrogen-bond donors (Lipinski definition) is 1. The van der Waals surface area contributed by atoms with Crippen molar-refractivity contribution in [3.05, 3.63) is 69.3 Å². The molecule has 29 heavy (non-hydrogen) atoms. The van der Waals surface area contributed by atoms with Crippen molar-refractivity contribution in [2.75, 3.05) is 0 Å². The molecule has 1 N–H and O–H groups in total. The lowest BCUT2D eigenvalue weighted by atomic mass is 9.83. The van der Waals surface area contributed by atoms with Gasteiger partial charge in [-0.1, -0.05) is 49.3 Å². The highest BCUT2D eigenvalue weighted by molar-refractivity contribution is 5.74. The van der Waals surface area contributed by atoms with Crippen LogP contribution in [0.2, 0.25) is 0 Å². The zero-order valence-corrected chi connectivity index (χ0v) is 17.0. The van der Waals surface area contributed by atoms with E-state index in [1.807, 2.05) is 24.3 Å². The molecule has 5 nitrogen and oxygen atoms in total. The van der Waals surface area contributed by atoms with Crippen molar-refractivity contribution in [2.24, 2.45) is 0 Å². The molecule has 0 amide bonds. The molecule has 5 rings (SSSR count). The normalized spacial score (nSPS) is 33.5. The maximum Gasteiger partial charge on any atom is 0.316 e. The van der Waals surface area contributed by atoms with E-state index in [1.165, 1.54) is 32.1 Å². The molecule has 0 spiro atoms. The Balaban J connectivity index is 1.53. The fourth-order valence-electron chi connectivity index (χ4n) is 5.82. The van der Waals surface area contributed by atoms with E-state index in [4.69, 9.17) is 0 Å². The lowest BCUT2D eigenvalue weighted by molar-refractivity contribution is 0.0287. The number of aromatic amines is 1. The number of hydrogen-bond acceptors (Lipinski definition) is 3. The van der Waals surface area contributed by atoms with Crippen LogP contribution in [-0.4, -0.2) is 32.1 Å².